The number of rotatable bonds is 7. The fourth-order valence-electron chi connectivity index (χ4n) is 6.82. The van der Waals surface area contributed by atoms with Crippen molar-refractivity contribution in [3.8, 4) is 33.1 Å². The number of piperidine rings is 1. The van der Waals surface area contributed by atoms with Gasteiger partial charge in [-0.25, -0.2) is 18.7 Å². The van der Waals surface area contributed by atoms with Crippen LogP contribution in [0.25, 0.3) is 38.7 Å². The van der Waals surface area contributed by atoms with Gasteiger partial charge in [0.15, 0.2) is 0 Å². The summed E-state index contributed by atoms with van der Waals surface area (Å²) in [6, 6.07) is 14.3. The minimum Gasteiger partial charge on any atom is -0.342 e. The quantitative estimate of drug-likeness (QED) is 0.186. The van der Waals surface area contributed by atoms with Crippen molar-refractivity contribution in [1.82, 2.24) is 24.2 Å². The number of fused-ring (bicyclic) bond motifs is 1. The second-order valence-electron chi connectivity index (χ2n) is 12.2. The number of benzene rings is 2. The minimum absolute atomic E-state index is 0.258. The number of halogens is 2. The SMILES string of the molecule is CCc1nc2ccc(C3CCN(CC(=O)N4CCCC4)CC3)cn2c1-c1ccc(-c2nc(-c3ccc(F)cc3)cs2)c(C)c1F. The van der Waals surface area contributed by atoms with E-state index in [1.165, 1.54) is 29.0 Å². The molecule has 0 bridgehead atoms. The molecule has 2 aliphatic heterocycles. The summed E-state index contributed by atoms with van der Waals surface area (Å²) in [5.41, 5.74) is 7.07. The number of amides is 1. The Morgan fingerprint density at radius 1 is 0.933 bits per heavy atom. The molecule has 5 heterocycles. The summed E-state index contributed by atoms with van der Waals surface area (Å²) in [4.78, 5) is 26.6. The third kappa shape index (κ3) is 5.79. The topological polar surface area (TPSA) is 53.7 Å². The Labute approximate surface area is 266 Å². The van der Waals surface area contributed by atoms with Gasteiger partial charge >= 0.3 is 0 Å². The molecule has 0 radical (unpaired) electrons. The van der Waals surface area contributed by atoms with E-state index in [4.69, 9.17) is 9.97 Å². The molecule has 6 nitrogen and oxygen atoms in total. The lowest BCUT2D eigenvalue weighted by Gasteiger charge is -2.32. The Morgan fingerprint density at radius 3 is 2.40 bits per heavy atom. The van der Waals surface area contributed by atoms with Crippen LogP contribution in [0.1, 0.15) is 55.3 Å². The van der Waals surface area contributed by atoms with E-state index >= 15 is 4.39 Å². The molecule has 2 fully saturated rings. The largest absolute Gasteiger partial charge is 0.342 e. The highest BCUT2D eigenvalue weighted by atomic mass is 32.1. The van der Waals surface area contributed by atoms with Gasteiger partial charge in [0.1, 0.15) is 22.3 Å². The lowest BCUT2D eigenvalue weighted by atomic mass is 9.90. The van der Waals surface area contributed by atoms with Crippen molar-refractivity contribution in [2.24, 2.45) is 0 Å². The molecule has 1 amide bonds. The van der Waals surface area contributed by atoms with Crippen LogP contribution in [0.3, 0.4) is 0 Å². The summed E-state index contributed by atoms with van der Waals surface area (Å²) < 4.78 is 31.8. The van der Waals surface area contributed by atoms with Crippen LogP contribution in [0.15, 0.2) is 60.1 Å². The number of pyridine rings is 1. The van der Waals surface area contributed by atoms with Crippen molar-refractivity contribution in [1.29, 1.82) is 0 Å². The lowest BCUT2D eigenvalue weighted by Crippen LogP contribution is -2.42. The summed E-state index contributed by atoms with van der Waals surface area (Å²) in [6.07, 6.45) is 7.03. The first-order valence-electron chi connectivity index (χ1n) is 15.9. The molecular formula is C36H37F2N5OS. The number of carbonyl (C=O) groups is 1. The molecular weight excluding hydrogens is 588 g/mol. The molecule has 7 rings (SSSR count). The fourth-order valence-corrected chi connectivity index (χ4v) is 7.73. The van der Waals surface area contributed by atoms with E-state index in [9.17, 15) is 9.18 Å². The Kier molecular flexibility index (Phi) is 8.23. The average Bonchev–Trinajstić information content (AvgIpc) is 3.84. The first-order valence-corrected chi connectivity index (χ1v) is 16.8. The monoisotopic (exact) mass is 625 g/mol. The van der Waals surface area contributed by atoms with Crippen molar-refractivity contribution in [3.05, 3.63) is 88.6 Å². The molecule has 0 unspecified atom stereocenters. The normalized spacial score (nSPS) is 16.2. The zero-order valence-corrected chi connectivity index (χ0v) is 26.5. The van der Waals surface area contributed by atoms with Gasteiger partial charge in [0.05, 0.1) is 23.6 Å². The molecule has 3 aromatic heterocycles. The number of imidazole rings is 1. The van der Waals surface area contributed by atoms with Crippen molar-refractivity contribution in [3.63, 3.8) is 0 Å². The zero-order chi connectivity index (χ0) is 31.1. The van der Waals surface area contributed by atoms with Crippen molar-refractivity contribution in [2.45, 2.75) is 51.9 Å². The van der Waals surface area contributed by atoms with E-state index < -0.39 is 0 Å². The molecule has 2 aromatic carbocycles. The van der Waals surface area contributed by atoms with Crippen molar-refractivity contribution >= 4 is 22.9 Å². The highest BCUT2D eigenvalue weighted by Gasteiger charge is 2.26. The van der Waals surface area contributed by atoms with E-state index in [0.29, 0.717) is 30.0 Å². The summed E-state index contributed by atoms with van der Waals surface area (Å²) in [5.74, 6) is 0.0695. The maximum atomic E-state index is 16.3. The number of nitrogens with zero attached hydrogens (tertiary/aromatic N) is 5. The Hall–Kier alpha value is -3.95. The molecule has 0 atom stereocenters. The molecule has 0 aliphatic carbocycles. The fraction of sp³-hybridized carbons (Fsp3) is 0.361. The molecule has 232 valence electrons. The predicted molar refractivity (Wildman–Crippen MR) is 175 cm³/mol. The standard InChI is InChI=1S/C36H37F2N5OS/c1-3-30-35(29-12-11-28(23(2)34(29)38)36-40-31(22-45-36)25-6-9-27(37)10-7-25)43-20-26(8-13-32(43)39-30)24-14-18-41(19-15-24)21-33(44)42-16-4-5-17-42/h6-13,20,22,24H,3-5,14-19,21H2,1-2H3. The number of hydrogen-bond acceptors (Lipinski definition) is 5. The third-order valence-electron chi connectivity index (χ3n) is 9.44. The first-order chi connectivity index (χ1) is 21.9. The van der Waals surface area contributed by atoms with Crippen LogP contribution in [0.2, 0.25) is 0 Å². The second-order valence-corrected chi connectivity index (χ2v) is 13.1. The molecule has 5 aromatic rings. The number of likely N-dealkylation sites (tertiary alicyclic amines) is 2. The molecule has 45 heavy (non-hydrogen) atoms. The molecule has 0 saturated carbocycles. The number of hydrogen-bond donors (Lipinski definition) is 0. The Morgan fingerprint density at radius 2 is 1.67 bits per heavy atom. The van der Waals surface area contributed by atoms with Gasteiger partial charge in [-0.05, 0) is 106 Å². The van der Waals surface area contributed by atoms with E-state index in [0.717, 1.165) is 90.7 Å². The summed E-state index contributed by atoms with van der Waals surface area (Å²) in [6.45, 7) is 7.96. The second kappa shape index (κ2) is 12.4. The number of thiazole rings is 1. The maximum absolute atomic E-state index is 16.3. The van der Waals surface area contributed by atoms with E-state index in [2.05, 4.69) is 28.5 Å². The number of carbonyl (C=O) groups excluding carboxylic acids is 1. The molecule has 0 spiro atoms. The highest BCUT2D eigenvalue weighted by Crippen LogP contribution is 2.37. The molecule has 2 saturated heterocycles. The smallest absolute Gasteiger partial charge is 0.236 e. The van der Waals surface area contributed by atoms with Gasteiger partial charge in [-0.2, -0.15) is 0 Å². The predicted octanol–water partition coefficient (Wildman–Crippen LogP) is 7.74. The molecule has 2 aliphatic rings. The van der Waals surface area contributed by atoms with Crippen molar-refractivity contribution < 1.29 is 13.6 Å². The van der Waals surface area contributed by atoms with Gasteiger partial charge in [-0.15, -0.1) is 11.3 Å². The van der Waals surface area contributed by atoms with Crippen LogP contribution < -0.4 is 0 Å². The van der Waals surface area contributed by atoms with Gasteiger partial charge in [0.25, 0.3) is 0 Å². The van der Waals surface area contributed by atoms with E-state index in [1.807, 2.05) is 28.5 Å². The number of aromatic nitrogens is 3. The first kappa shape index (κ1) is 29.7. The average molecular weight is 626 g/mol. The highest BCUT2D eigenvalue weighted by molar-refractivity contribution is 7.13. The maximum Gasteiger partial charge on any atom is 0.236 e. The summed E-state index contributed by atoms with van der Waals surface area (Å²) >= 11 is 1.45. The van der Waals surface area contributed by atoms with Crippen LogP contribution in [-0.2, 0) is 11.2 Å². The van der Waals surface area contributed by atoms with Gasteiger partial charge < -0.3 is 4.90 Å². The van der Waals surface area contributed by atoms with Gasteiger partial charge in [-0.1, -0.05) is 19.1 Å². The summed E-state index contributed by atoms with van der Waals surface area (Å²) in [7, 11) is 0. The lowest BCUT2D eigenvalue weighted by molar-refractivity contribution is -0.131. The van der Waals surface area contributed by atoms with Gasteiger partial charge in [0, 0.05) is 41.4 Å². The third-order valence-corrected chi connectivity index (χ3v) is 10.3. The minimum atomic E-state index is -0.292. The van der Waals surface area contributed by atoms with E-state index in [1.54, 1.807) is 19.1 Å². The molecule has 9 heteroatoms. The van der Waals surface area contributed by atoms with Crippen molar-refractivity contribution in [2.75, 3.05) is 32.7 Å². The zero-order valence-electron chi connectivity index (χ0n) is 25.7. The molecule has 0 N–H and O–H groups in total. The van der Waals surface area contributed by atoms with Gasteiger partial charge in [0.2, 0.25) is 5.91 Å². The van der Waals surface area contributed by atoms with Crippen LogP contribution in [0.5, 0.6) is 0 Å². The summed E-state index contributed by atoms with van der Waals surface area (Å²) in [5, 5.41) is 2.65. The van der Waals surface area contributed by atoms with Gasteiger partial charge in [-0.3, -0.25) is 14.1 Å². The number of aryl methyl sites for hydroxylation is 1. The Bertz CT molecular complexity index is 1850. The van der Waals surface area contributed by atoms with Crippen LogP contribution >= 0.6 is 11.3 Å². The van der Waals surface area contributed by atoms with Crippen LogP contribution in [0, 0.1) is 18.6 Å². The van der Waals surface area contributed by atoms with Crippen LogP contribution in [-0.4, -0.2) is 62.8 Å². The van der Waals surface area contributed by atoms with Crippen LogP contribution in [0.4, 0.5) is 8.78 Å². The Balaban J connectivity index is 1.14. The van der Waals surface area contributed by atoms with E-state index in [-0.39, 0.29) is 17.5 Å².